The number of rotatable bonds is 4. The number of hydrogen-bond acceptors (Lipinski definition) is 2. The maximum Gasteiger partial charge on any atom is 0.332 e. The van der Waals surface area contributed by atoms with Crippen molar-refractivity contribution in [2.45, 2.75) is 67.2 Å². The second kappa shape index (κ2) is 8.06. The van der Waals surface area contributed by atoms with Crippen molar-refractivity contribution in [3.05, 3.63) is 69.3 Å². The molecule has 2 N–H and O–H groups in total. The minimum Gasteiger partial charge on any atom is -0.507 e. The molecule has 0 atom stereocenters. The van der Waals surface area contributed by atoms with Gasteiger partial charge < -0.3 is 10.2 Å². The third-order valence-corrected chi connectivity index (χ3v) is 5.24. The van der Waals surface area contributed by atoms with Crippen LogP contribution in [0.4, 0.5) is 0 Å². The SMILES string of the molecule is Cc1cc(Cc2cc(C=C(C(=O)O)C(C)(C)C)ccc2C)c(O)c(C(C)(C)C)c1. The molecular formula is C26H34O3. The summed E-state index contributed by atoms with van der Waals surface area (Å²) in [5.74, 6) is -0.546. The maximum absolute atomic E-state index is 11.7. The van der Waals surface area contributed by atoms with Gasteiger partial charge >= 0.3 is 5.97 Å². The quantitative estimate of drug-likeness (QED) is 0.589. The van der Waals surface area contributed by atoms with Gasteiger partial charge in [-0.25, -0.2) is 4.79 Å². The van der Waals surface area contributed by atoms with E-state index in [0.717, 1.165) is 33.4 Å². The van der Waals surface area contributed by atoms with E-state index in [-0.39, 0.29) is 5.41 Å². The second-order valence-electron chi connectivity index (χ2n) is 10.0. The summed E-state index contributed by atoms with van der Waals surface area (Å²) in [6, 6.07) is 10.1. The van der Waals surface area contributed by atoms with Gasteiger partial charge in [-0.3, -0.25) is 0 Å². The van der Waals surface area contributed by atoms with Crippen molar-refractivity contribution < 1.29 is 15.0 Å². The first-order valence-corrected chi connectivity index (χ1v) is 10.1. The van der Waals surface area contributed by atoms with Crippen LogP contribution < -0.4 is 0 Å². The zero-order valence-corrected chi connectivity index (χ0v) is 19.0. The Balaban J connectivity index is 2.53. The summed E-state index contributed by atoms with van der Waals surface area (Å²) >= 11 is 0. The summed E-state index contributed by atoms with van der Waals surface area (Å²) in [7, 11) is 0. The van der Waals surface area contributed by atoms with Crippen molar-refractivity contribution in [2.75, 3.05) is 0 Å². The van der Waals surface area contributed by atoms with E-state index in [2.05, 4.69) is 20.8 Å². The number of phenolic OH excluding ortho intramolecular Hbond substituents is 1. The van der Waals surface area contributed by atoms with E-state index >= 15 is 0 Å². The minimum atomic E-state index is -0.897. The van der Waals surface area contributed by atoms with Crippen molar-refractivity contribution >= 4 is 12.0 Å². The summed E-state index contributed by atoms with van der Waals surface area (Å²) in [5.41, 5.74) is 5.81. The van der Waals surface area contributed by atoms with Crippen molar-refractivity contribution in [3.63, 3.8) is 0 Å². The monoisotopic (exact) mass is 394 g/mol. The molecule has 3 heteroatoms. The molecule has 0 aliphatic rings. The highest BCUT2D eigenvalue weighted by Gasteiger charge is 2.24. The second-order valence-corrected chi connectivity index (χ2v) is 10.0. The number of phenols is 1. The predicted molar refractivity (Wildman–Crippen MR) is 121 cm³/mol. The van der Waals surface area contributed by atoms with Crippen LogP contribution in [0.5, 0.6) is 5.75 Å². The van der Waals surface area contributed by atoms with Crippen molar-refractivity contribution in [1.29, 1.82) is 0 Å². The van der Waals surface area contributed by atoms with Crippen LogP contribution >= 0.6 is 0 Å². The molecule has 2 aromatic carbocycles. The first-order valence-electron chi connectivity index (χ1n) is 10.1. The Hall–Kier alpha value is -2.55. The van der Waals surface area contributed by atoms with E-state index in [9.17, 15) is 15.0 Å². The maximum atomic E-state index is 11.7. The van der Waals surface area contributed by atoms with Crippen LogP contribution in [-0.2, 0) is 16.6 Å². The first-order chi connectivity index (χ1) is 13.2. The molecule has 0 aliphatic carbocycles. The molecule has 0 radical (unpaired) electrons. The van der Waals surface area contributed by atoms with Crippen molar-refractivity contribution in [3.8, 4) is 5.75 Å². The van der Waals surface area contributed by atoms with Crippen LogP contribution in [0.25, 0.3) is 6.08 Å². The standard InChI is InChI=1S/C26H34O3/c1-16-11-20(23(27)21(12-16)25(3,4)5)15-19-13-18(10-9-17(19)2)14-22(24(28)29)26(6,7)8/h9-14,27H,15H2,1-8H3,(H,28,29). The zero-order valence-electron chi connectivity index (χ0n) is 19.0. The fraction of sp³-hybridized carbons (Fsp3) is 0.423. The highest BCUT2D eigenvalue weighted by molar-refractivity contribution is 5.93. The van der Waals surface area contributed by atoms with Gasteiger partial charge in [-0.1, -0.05) is 77.4 Å². The molecule has 0 saturated heterocycles. The lowest BCUT2D eigenvalue weighted by Gasteiger charge is -2.23. The Morgan fingerprint density at radius 1 is 0.966 bits per heavy atom. The van der Waals surface area contributed by atoms with E-state index in [4.69, 9.17) is 0 Å². The fourth-order valence-corrected chi connectivity index (χ4v) is 3.50. The van der Waals surface area contributed by atoms with Crippen LogP contribution in [0.3, 0.4) is 0 Å². The first kappa shape index (κ1) is 22.7. The van der Waals surface area contributed by atoms with Gasteiger partial charge in [0.1, 0.15) is 5.75 Å². The lowest BCUT2D eigenvalue weighted by atomic mass is 9.83. The summed E-state index contributed by atoms with van der Waals surface area (Å²) in [6.07, 6.45) is 2.35. The highest BCUT2D eigenvalue weighted by atomic mass is 16.4. The molecule has 0 aromatic heterocycles. The van der Waals surface area contributed by atoms with Gasteiger partial charge in [-0.05, 0) is 58.6 Å². The topological polar surface area (TPSA) is 57.5 Å². The van der Waals surface area contributed by atoms with Gasteiger partial charge in [0.05, 0.1) is 0 Å². The lowest BCUT2D eigenvalue weighted by Crippen LogP contribution is -2.17. The van der Waals surface area contributed by atoms with E-state index in [1.54, 1.807) is 6.08 Å². The third kappa shape index (κ3) is 5.50. The van der Waals surface area contributed by atoms with Gasteiger partial charge in [0.15, 0.2) is 0 Å². The number of carboxylic acids is 1. The van der Waals surface area contributed by atoms with Crippen molar-refractivity contribution in [1.82, 2.24) is 0 Å². The smallest absolute Gasteiger partial charge is 0.332 e. The van der Waals surface area contributed by atoms with Crippen LogP contribution in [0, 0.1) is 19.3 Å². The number of benzene rings is 2. The number of carbonyl (C=O) groups is 1. The van der Waals surface area contributed by atoms with E-state index in [0.29, 0.717) is 17.7 Å². The molecule has 2 aromatic rings. The van der Waals surface area contributed by atoms with Gasteiger partial charge in [-0.15, -0.1) is 0 Å². The average molecular weight is 395 g/mol. The van der Waals surface area contributed by atoms with Gasteiger partial charge in [0.2, 0.25) is 0 Å². The fourth-order valence-electron chi connectivity index (χ4n) is 3.50. The number of hydrogen-bond donors (Lipinski definition) is 2. The third-order valence-electron chi connectivity index (χ3n) is 5.24. The number of carboxylic acid groups (broad SMARTS) is 1. The largest absolute Gasteiger partial charge is 0.507 e. The Bertz CT molecular complexity index is 951. The number of aromatic hydroxyl groups is 1. The van der Waals surface area contributed by atoms with Crippen LogP contribution in [0.1, 0.15) is 74.9 Å². The normalized spacial score (nSPS) is 12.9. The van der Waals surface area contributed by atoms with Crippen LogP contribution in [-0.4, -0.2) is 16.2 Å². The van der Waals surface area contributed by atoms with Gasteiger partial charge in [-0.2, -0.15) is 0 Å². The number of aryl methyl sites for hydroxylation is 2. The lowest BCUT2D eigenvalue weighted by molar-refractivity contribution is -0.133. The van der Waals surface area contributed by atoms with E-state index in [1.165, 1.54) is 0 Å². The molecule has 0 spiro atoms. The summed E-state index contributed by atoms with van der Waals surface area (Å²) in [6.45, 7) is 16.1. The van der Waals surface area contributed by atoms with Crippen LogP contribution in [0.2, 0.25) is 0 Å². The molecule has 0 amide bonds. The van der Waals surface area contributed by atoms with E-state index in [1.807, 2.05) is 65.0 Å². The molecule has 0 bridgehead atoms. The molecule has 29 heavy (non-hydrogen) atoms. The molecule has 0 fully saturated rings. The molecule has 0 unspecified atom stereocenters. The summed E-state index contributed by atoms with van der Waals surface area (Å²) in [4.78, 5) is 11.7. The summed E-state index contributed by atoms with van der Waals surface area (Å²) < 4.78 is 0. The highest BCUT2D eigenvalue weighted by Crippen LogP contribution is 2.36. The summed E-state index contributed by atoms with van der Waals surface area (Å²) in [5, 5.41) is 20.5. The predicted octanol–water partition coefficient (Wildman–Crippen LogP) is 6.41. The molecular weight excluding hydrogens is 360 g/mol. The molecule has 156 valence electrons. The Labute approximate surface area is 175 Å². The molecule has 0 aliphatic heterocycles. The Morgan fingerprint density at radius 3 is 2.10 bits per heavy atom. The zero-order chi connectivity index (χ0) is 22.1. The van der Waals surface area contributed by atoms with Gasteiger partial charge in [0, 0.05) is 12.0 Å². The molecule has 2 rings (SSSR count). The molecule has 0 heterocycles. The minimum absolute atomic E-state index is 0.145. The Morgan fingerprint density at radius 2 is 1.59 bits per heavy atom. The molecule has 0 saturated carbocycles. The van der Waals surface area contributed by atoms with Crippen molar-refractivity contribution in [2.24, 2.45) is 5.41 Å². The van der Waals surface area contributed by atoms with Crippen LogP contribution in [0.15, 0.2) is 35.9 Å². The van der Waals surface area contributed by atoms with Gasteiger partial charge in [0.25, 0.3) is 0 Å². The Kier molecular flexibility index (Phi) is 6.32. The molecule has 3 nitrogen and oxygen atoms in total. The van der Waals surface area contributed by atoms with E-state index < -0.39 is 11.4 Å². The average Bonchev–Trinajstić information content (AvgIpc) is 2.55. The number of aliphatic carboxylic acids is 1.